The number of aryl methyl sites for hydroxylation is 1. The number of nitrogens with two attached hydrogens (primary N) is 1. The second kappa shape index (κ2) is 4.17. The first kappa shape index (κ1) is 10.6. The maximum absolute atomic E-state index is 10.6. The minimum atomic E-state index is -0.975. The van der Waals surface area contributed by atoms with E-state index in [-0.39, 0.29) is 12.2 Å². The maximum Gasteiger partial charge on any atom is 0.275 e. The molecular weight excluding hydrogens is 184 g/mol. The third-order valence-corrected chi connectivity index (χ3v) is 2.05. The maximum atomic E-state index is 10.6. The highest BCUT2D eigenvalue weighted by Crippen LogP contribution is 2.27. The third kappa shape index (κ3) is 1.89. The second-order valence-electron chi connectivity index (χ2n) is 3.02. The van der Waals surface area contributed by atoms with Gasteiger partial charge in [0, 0.05) is 12.6 Å². The lowest BCUT2D eigenvalue weighted by Crippen LogP contribution is -2.14. The van der Waals surface area contributed by atoms with Crippen LogP contribution < -0.4 is 5.73 Å². The number of nitro groups is 1. The summed E-state index contributed by atoms with van der Waals surface area (Å²) in [6, 6.07) is 4.66. The average Bonchev–Trinajstić information content (AvgIpc) is 2.16. The normalized spacial score (nSPS) is 12.5. The Bertz CT molecular complexity index is 352. The van der Waals surface area contributed by atoms with Gasteiger partial charge in [0.15, 0.2) is 0 Å². The number of rotatable bonds is 3. The van der Waals surface area contributed by atoms with Gasteiger partial charge in [-0.3, -0.25) is 10.1 Å². The highest BCUT2D eigenvalue weighted by atomic mass is 16.6. The largest absolute Gasteiger partial charge is 0.387 e. The lowest BCUT2D eigenvalue weighted by Gasteiger charge is -2.11. The van der Waals surface area contributed by atoms with Crippen LogP contribution in [0.2, 0.25) is 0 Å². The minimum absolute atomic E-state index is 0.0221. The number of nitrogens with zero attached hydrogens (tertiary/aromatic N) is 1. The summed E-state index contributed by atoms with van der Waals surface area (Å²) in [6.07, 6.45) is -0.975. The minimum Gasteiger partial charge on any atom is -0.387 e. The molecular formula is C9H12N2O3. The van der Waals surface area contributed by atoms with Crippen molar-refractivity contribution in [2.75, 3.05) is 6.54 Å². The van der Waals surface area contributed by atoms with Crippen LogP contribution in [0.3, 0.4) is 0 Å². The Balaban J connectivity index is 3.29. The van der Waals surface area contributed by atoms with Gasteiger partial charge >= 0.3 is 0 Å². The van der Waals surface area contributed by atoms with Crippen molar-refractivity contribution >= 4 is 5.69 Å². The van der Waals surface area contributed by atoms with Crippen molar-refractivity contribution in [3.63, 3.8) is 0 Å². The molecule has 1 atom stereocenters. The zero-order chi connectivity index (χ0) is 10.7. The van der Waals surface area contributed by atoms with Gasteiger partial charge in [0.05, 0.1) is 16.6 Å². The first-order chi connectivity index (χ1) is 6.57. The highest BCUT2D eigenvalue weighted by molar-refractivity contribution is 5.46. The van der Waals surface area contributed by atoms with E-state index >= 15 is 0 Å². The first-order valence-corrected chi connectivity index (χ1v) is 4.20. The van der Waals surface area contributed by atoms with Crippen LogP contribution >= 0.6 is 0 Å². The predicted molar refractivity (Wildman–Crippen MR) is 51.8 cm³/mol. The molecule has 0 saturated carbocycles. The van der Waals surface area contributed by atoms with E-state index < -0.39 is 11.0 Å². The molecule has 0 bridgehead atoms. The fraction of sp³-hybridized carbons (Fsp3) is 0.333. The Morgan fingerprint density at radius 3 is 2.79 bits per heavy atom. The predicted octanol–water partition coefficient (Wildman–Crippen LogP) is 0.895. The third-order valence-electron chi connectivity index (χ3n) is 2.05. The molecule has 1 rings (SSSR count). The Kier molecular flexibility index (Phi) is 3.16. The van der Waals surface area contributed by atoms with Gasteiger partial charge in [-0.2, -0.15) is 0 Å². The SMILES string of the molecule is Cc1cccc([N+](=O)[O-])c1C(O)CN. The molecule has 0 spiro atoms. The Labute approximate surface area is 81.3 Å². The van der Waals surface area contributed by atoms with Crippen molar-refractivity contribution in [3.05, 3.63) is 39.4 Å². The standard InChI is InChI=1S/C9H12N2O3/c1-6-3-2-4-7(11(13)14)9(6)8(12)5-10/h2-4,8,12H,5,10H2,1H3. The van der Waals surface area contributed by atoms with E-state index in [0.29, 0.717) is 11.1 Å². The fourth-order valence-corrected chi connectivity index (χ4v) is 1.38. The summed E-state index contributed by atoms with van der Waals surface area (Å²) in [5, 5.41) is 20.2. The monoisotopic (exact) mass is 196 g/mol. The number of nitro benzene ring substituents is 1. The average molecular weight is 196 g/mol. The summed E-state index contributed by atoms with van der Waals surface area (Å²) in [4.78, 5) is 10.1. The summed E-state index contributed by atoms with van der Waals surface area (Å²) < 4.78 is 0. The molecule has 5 nitrogen and oxygen atoms in total. The smallest absolute Gasteiger partial charge is 0.275 e. The number of hydrogen-bond donors (Lipinski definition) is 2. The molecule has 0 aliphatic heterocycles. The van der Waals surface area contributed by atoms with Crippen LogP contribution in [-0.4, -0.2) is 16.6 Å². The van der Waals surface area contributed by atoms with Crippen molar-refractivity contribution in [3.8, 4) is 0 Å². The van der Waals surface area contributed by atoms with Gasteiger partial charge in [0.1, 0.15) is 0 Å². The highest BCUT2D eigenvalue weighted by Gasteiger charge is 2.20. The van der Waals surface area contributed by atoms with Crippen LogP contribution in [0.4, 0.5) is 5.69 Å². The molecule has 1 aromatic carbocycles. The summed E-state index contributed by atoms with van der Waals surface area (Å²) in [5.41, 5.74) is 6.17. The van der Waals surface area contributed by atoms with Gasteiger partial charge < -0.3 is 10.8 Å². The fourth-order valence-electron chi connectivity index (χ4n) is 1.38. The zero-order valence-corrected chi connectivity index (χ0v) is 7.80. The summed E-state index contributed by atoms with van der Waals surface area (Å²) in [6.45, 7) is 1.69. The van der Waals surface area contributed by atoms with Crippen LogP contribution in [0.1, 0.15) is 17.2 Å². The van der Waals surface area contributed by atoms with Crippen molar-refractivity contribution in [2.45, 2.75) is 13.0 Å². The molecule has 5 heteroatoms. The van der Waals surface area contributed by atoms with Gasteiger partial charge in [0.25, 0.3) is 5.69 Å². The van der Waals surface area contributed by atoms with Gasteiger partial charge in [-0.15, -0.1) is 0 Å². The number of aliphatic hydroxyl groups excluding tert-OH is 1. The van der Waals surface area contributed by atoms with Crippen LogP contribution in [0.25, 0.3) is 0 Å². The van der Waals surface area contributed by atoms with E-state index in [1.165, 1.54) is 6.07 Å². The Morgan fingerprint density at radius 1 is 1.64 bits per heavy atom. The Hall–Kier alpha value is -1.46. The number of aliphatic hydroxyl groups is 1. The van der Waals surface area contributed by atoms with Gasteiger partial charge in [-0.05, 0) is 12.5 Å². The summed E-state index contributed by atoms with van der Waals surface area (Å²) >= 11 is 0. The molecule has 76 valence electrons. The second-order valence-corrected chi connectivity index (χ2v) is 3.02. The lowest BCUT2D eigenvalue weighted by molar-refractivity contribution is -0.386. The van der Waals surface area contributed by atoms with Gasteiger partial charge in [0.2, 0.25) is 0 Å². The lowest BCUT2D eigenvalue weighted by atomic mass is 10.0. The number of benzene rings is 1. The van der Waals surface area contributed by atoms with E-state index in [1.54, 1.807) is 19.1 Å². The molecule has 0 radical (unpaired) electrons. The molecule has 0 aliphatic carbocycles. The first-order valence-electron chi connectivity index (χ1n) is 4.20. The van der Waals surface area contributed by atoms with E-state index in [2.05, 4.69) is 0 Å². The quantitative estimate of drug-likeness (QED) is 0.555. The van der Waals surface area contributed by atoms with Crippen molar-refractivity contribution in [1.82, 2.24) is 0 Å². The van der Waals surface area contributed by atoms with Crippen molar-refractivity contribution in [1.29, 1.82) is 0 Å². The molecule has 0 aliphatic rings. The summed E-state index contributed by atoms with van der Waals surface area (Å²) in [7, 11) is 0. The van der Waals surface area contributed by atoms with Crippen molar-refractivity contribution in [2.24, 2.45) is 5.73 Å². The molecule has 0 fully saturated rings. The molecule has 0 aromatic heterocycles. The molecule has 1 aromatic rings. The van der Waals surface area contributed by atoms with Crippen LogP contribution in [0, 0.1) is 17.0 Å². The topological polar surface area (TPSA) is 89.4 Å². The van der Waals surface area contributed by atoms with Crippen LogP contribution in [0.5, 0.6) is 0 Å². The van der Waals surface area contributed by atoms with Crippen LogP contribution in [0.15, 0.2) is 18.2 Å². The van der Waals surface area contributed by atoms with E-state index in [1.807, 2.05) is 0 Å². The van der Waals surface area contributed by atoms with E-state index in [9.17, 15) is 15.2 Å². The van der Waals surface area contributed by atoms with E-state index in [4.69, 9.17) is 5.73 Å². The van der Waals surface area contributed by atoms with Gasteiger partial charge in [-0.25, -0.2) is 0 Å². The molecule has 0 saturated heterocycles. The van der Waals surface area contributed by atoms with Crippen LogP contribution in [-0.2, 0) is 0 Å². The Morgan fingerprint density at radius 2 is 2.29 bits per heavy atom. The summed E-state index contributed by atoms with van der Waals surface area (Å²) in [5.74, 6) is 0. The zero-order valence-electron chi connectivity index (χ0n) is 7.80. The van der Waals surface area contributed by atoms with Gasteiger partial charge in [-0.1, -0.05) is 12.1 Å². The number of hydrogen-bond acceptors (Lipinski definition) is 4. The molecule has 1 unspecified atom stereocenters. The van der Waals surface area contributed by atoms with Crippen molar-refractivity contribution < 1.29 is 10.0 Å². The molecule has 3 N–H and O–H groups in total. The molecule has 14 heavy (non-hydrogen) atoms. The molecule has 0 amide bonds. The van der Waals surface area contributed by atoms with E-state index in [0.717, 1.165) is 0 Å². The molecule has 0 heterocycles.